The maximum Gasteiger partial charge on any atom is 0.487 e. The summed E-state index contributed by atoms with van der Waals surface area (Å²) in [6.07, 6.45) is 2.67. The van der Waals surface area contributed by atoms with Gasteiger partial charge in [-0.25, -0.2) is 0 Å². The lowest BCUT2D eigenvalue weighted by atomic mass is 9.72. The Hall–Kier alpha value is -3.50. The number of hydrogen-bond acceptors (Lipinski definition) is 5. The standard InChI is InChI=1S/C23H19ClF2N4O4/c24-23(25,26)34-15-3-1-14(2-4-15)28-20(31)13-11-16(17-5-8-27-30-17)19-18(12-13)29-21(32)22(19)6-9-33-10-7-22/h1-5,8,11-12H,6-7,9-10H2,(H,27,30)(H,28,31)(H,29,32). The molecule has 11 heteroatoms. The van der Waals surface area contributed by atoms with Gasteiger partial charge < -0.3 is 20.1 Å². The number of H-pyrrole nitrogens is 1. The zero-order chi connectivity index (χ0) is 23.9. The highest BCUT2D eigenvalue weighted by Gasteiger charge is 2.49. The number of hydrogen-bond donors (Lipinski definition) is 3. The summed E-state index contributed by atoms with van der Waals surface area (Å²) < 4.78 is 35.4. The molecule has 8 nitrogen and oxygen atoms in total. The smallest absolute Gasteiger partial charge is 0.420 e. The molecule has 2 aliphatic rings. The SMILES string of the molecule is O=C(Nc1ccc(OC(F)(F)Cl)cc1)c1cc2c(c(-c3ccn[nH]3)c1)C1(CCOCC1)C(=O)N2. The van der Waals surface area contributed by atoms with Gasteiger partial charge in [-0.05, 0) is 55.3 Å². The Balaban J connectivity index is 1.48. The van der Waals surface area contributed by atoms with E-state index in [0.717, 1.165) is 5.56 Å². The minimum absolute atomic E-state index is 0.115. The van der Waals surface area contributed by atoms with Crippen LogP contribution in [0.1, 0.15) is 28.8 Å². The van der Waals surface area contributed by atoms with Crippen molar-refractivity contribution in [1.82, 2.24) is 10.2 Å². The summed E-state index contributed by atoms with van der Waals surface area (Å²) in [5.41, 5.74) is -1.12. The van der Waals surface area contributed by atoms with Crippen LogP contribution in [0.2, 0.25) is 0 Å². The zero-order valence-corrected chi connectivity index (χ0v) is 18.4. The van der Waals surface area contributed by atoms with Crippen molar-refractivity contribution in [3.05, 3.63) is 59.8 Å². The molecule has 1 saturated heterocycles. The van der Waals surface area contributed by atoms with Crippen LogP contribution < -0.4 is 15.4 Å². The molecule has 3 aromatic rings. The van der Waals surface area contributed by atoms with Crippen molar-refractivity contribution in [3.63, 3.8) is 0 Å². The molecule has 2 aliphatic heterocycles. The van der Waals surface area contributed by atoms with Crippen molar-refractivity contribution >= 4 is 34.8 Å². The molecular formula is C23H19ClF2N4O4. The Morgan fingerprint density at radius 3 is 2.56 bits per heavy atom. The second-order valence-corrected chi connectivity index (χ2v) is 8.53. The van der Waals surface area contributed by atoms with E-state index < -0.39 is 16.9 Å². The van der Waals surface area contributed by atoms with Gasteiger partial charge >= 0.3 is 5.57 Å². The van der Waals surface area contributed by atoms with Gasteiger partial charge in [0.15, 0.2) is 0 Å². The van der Waals surface area contributed by atoms with Gasteiger partial charge in [0.2, 0.25) is 5.91 Å². The number of fused-ring (bicyclic) bond motifs is 2. The first kappa shape index (κ1) is 22.3. The Morgan fingerprint density at radius 1 is 1.18 bits per heavy atom. The van der Waals surface area contributed by atoms with Crippen molar-refractivity contribution < 1.29 is 27.8 Å². The van der Waals surface area contributed by atoms with E-state index in [1.807, 2.05) is 0 Å². The first-order valence-electron chi connectivity index (χ1n) is 10.5. The molecule has 34 heavy (non-hydrogen) atoms. The number of nitrogens with zero attached hydrogens (tertiary/aromatic N) is 1. The van der Waals surface area contributed by atoms with Crippen molar-refractivity contribution in [3.8, 4) is 17.0 Å². The molecule has 3 N–H and O–H groups in total. The number of anilines is 2. The molecule has 0 unspecified atom stereocenters. The van der Waals surface area contributed by atoms with Gasteiger partial charge in [-0.15, -0.1) is 8.78 Å². The van der Waals surface area contributed by atoms with Crippen LogP contribution in [-0.2, 0) is 14.9 Å². The zero-order valence-electron chi connectivity index (χ0n) is 17.7. The van der Waals surface area contributed by atoms with Gasteiger partial charge in [-0.1, -0.05) is 0 Å². The summed E-state index contributed by atoms with van der Waals surface area (Å²) in [4.78, 5) is 26.1. The number of ether oxygens (including phenoxy) is 2. The second-order valence-electron chi connectivity index (χ2n) is 8.09. The fourth-order valence-corrected chi connectivity index (χ4v) is 4.59. The van der Waals surface area contributed by atoms with Crippen LogP contribution in [0.15, 0.2) is 48.7 Å². The van der Waals surface area contributed by atoms with Gasteiger partial charge in [-0.2, -0.15) is 5.10 Å². The lowest BCUT2D eigenvalue weighted by Gasteiger charge is -2.32. The number of benzene rings is 2. The Bertz CT molecular complexity index is 1240. The van der Waals surface area contributed by atoms with Crippen LogP contribution in [0, 0.1) is 0 Å². The van der Waals surface area contributed by atoms with E-state index in [-0.39, 0.29) is 11.7 Å². The van der Waals surface area contributed by atoms with Crippen LogP contribution in [-0.4, -0.2) is 40.8 Å². The average molecular weight is 489 g/mol. The Morgan fingerprint density at radius 2 is 1.91 bits per heavy atom. The third kappa shape index (κ3) is 4.10. The first-order chi connectivity index (χ1) is 16.2. The van der Waals surface area contributed by atoms with Crippen molar-refractivity contribution in [2.24, 2.45) is 0 Å². The van der Waals surface area contributed by atoms with Crippen molar-refractivity contribution in [2.45, 2.75) is 23.8 Å². The minimum atomic E-state index is -3.83. The highest BCUT2D eigenvalue weighted by molar-refractivity contribution is 6.20. The molecule has 176 valence electrons. The normalized spacial score (nSPS) is 16.7. The maximum atomic E-state index is 13.1. The fourth-order valence-electron chi connectivity index (χ4n) is 4.50. The number of aromatic nitrogens is 2. The largest absolute Gasteiger partial charge is 0.487 e. The first-order valence-corrected chi connectivity index (χ1v) is 10.9. The van der Waals surface area contributed by atoms with Crippen molar-refractivity contribution in [1.29, 1.82) is 0 Å². The predicted molar refractivity (Wildman–Crippen MR) is 120 cm³/mol. The van der Waals surface area contributed by atoms with Crippen LogP contribution in [0.4, 0.5) is 20.2 Å². The molecule has 0 atom stereocenters. The van der Waals surface area contributed by atoms with E-state index in [0.29, 0.717) is 54.3 Å². The van der Waals surface area contributed by atoms with E-state index in [9.17, 15) is 18.4 Å². The fraction of sp³-hybridized carbons (Fsp3) is 0.261. The van der Waals surface area contributed by atoms with Crippen LogP contribution in [0.3, 0.4) is 0 Å². The second kappa shape index (κ2) is 8.37. The third-order valence-corrected chi connectivity index (χ3v) is 6.12. The van der Waals surface area contributed by atoms with Gasteiger partial charge in [0, 0.05) is 59.1 Å². The van der Waals surface area contributed by atoms with E-state index in [1.165, 1.54) is 24.3 Å². The van der Waals surface area contributed by atoms with Crippen molar-refractivity contribution in [2.75, 3.05) is 23.8 Å². The summed E-state index contributed by atoms with van der Waals surface area (Å²) in [7, 11) is 0. The summed E-state index contributed by atoms with van der Waals surface area (Å²) >= 11 is 4.77. The molecule has 1 aromatic heterocycles. The van der Waals surface area contributed by atoms with E-state index >= 15 is 0 Å². The monoisotopic (exact) mass is 488 g/mol. The van der Waals surface area contributed by atoms with Gasteiger partial charge in [0.05, 0.1) is 11.1 Å². The quantitative estimate of drug-likeness (QED) is 0.459. The van der Waals surface area contributed by atoms with Crippen LogP contribution in [0.25, 0.3) is 11.3 Å². The number of nitrogens with one attached hydrogen (secondary N) is 3. The molecule has 1 spiro atoms. The molecule has 0 aliphatic carbocycles. The minimum Gasteiger partial charge on any atom is -0.420 e. The van der Waals surface area contributed by atoms with Gasteiger partial charge in [0.1, 0.15) is 5.75 Å². The number of rotatable bonds is 5. The Labute approximate surface area is 197 Å². The summed E-state index contributed by atoms with van der Waals surface area (Å²) in [6, 6.07) is 10.5. The molecule has 2 amide bonds. The number of carbonyl (C=O) groups is 2. The molecule has 1 fully saturated rings. The number of halogens is 3. The third-order valence-electron chi connectivity index (χ3n) is 6.04. The lowest BCUT2D eigenvalue weighted by molar-refractivity contribution is -0.124. The topological polar surface area (TPSA) is 105 Å². The lowest BCUT2D eigenvalue weighted by Crippen LogP contribution is -2.40. The number of amides is 2. The molecule has 5 rings (SSSR count). The number of alkyl halides is 3. The number of carbonyl (C=O) groups excluding carboxylic acids is 2. The summed E-state index contributed by atoms with van der Waals surface area (Å²) in [5, 5.41) is 12.6. The van der Waals surface area contributed by atoms with Crippen LogP contribution in [0.5, 0.6) is 5.75 Å². The van der Waals surface area contributed by atoms with E-state index in [1.54, 1.807) is 24.4 Å². The highest BCUT2D eigenvalue weighted by Crippen LogP contribution is 2.49. The predicted octanol–water partition coefficient (Wildman–Crippen LogP) is 4.50. The number of aromatic amines is 1. The van der Waals surface area contributed by atoms with Crippen LogP contribution >= 0.6 is 11.6 Å². The van der Waals surface area contributed by atoms with E-state index in [2.05, 4.69) is 25.6 Å². The maximum absolute atomic E-state index is 13.1. The highest BCUT2D eigenvalue weighted by atomic mass is 35.5. The summed E-state index contributed by atoms with van der Waals surface area (Å²) in [5.74, 6) is -0.709. The van der Waals surface area contributed by atoms with Gasteiger partial charge in [0.25, 0.3) is 5.91 Å². The molecule has 3 heterocycles. The molecule has 0 bridgehead atoms. The summed E-state index contributed by atoms with van der Waals surface area (Å²) in [6.45, 7) is 0.930. The van der Waals surface area contributed by atoms with E-state index in [4.69, 9.17) is 16.3 Å². The Kier molecular flexibility index (Phi) is 5.49. The molecule has 2 aromatic carbocycles. The molecule has 0 radical (unpaired) electrons. The van der Waals surface area contributed by atoms with Gasteiger partial charge in [-0.3, -0.25) is 14.7 Å². The molecule has 0 saturated carbocycles. The average Bonchev–Trinajstić information content (AvgIpc) is 3.42. The molecular weight excluding hydrogens is 470 g/mol.